The Morgan fingerprint density at radius 2 is 2.22 bits per heavy atom. The fourth-order valence-corrected chi connectivity index (χ4v) is 2.39. The smallest absolute Gasteiger partial charge is 0.339 e. The second-order valence-corrected chi connectivity index (χ2v) is 4.51. The molecule has 94 valence electrons. The number of fused-ring (bicyclic) bond motifs is 1. The van der Waals surface area contributed by atoms with E-state index >= 15 is 0 Å². The molecule has 0 amide bonds. The van der Waals surface area contributed by atoms with Gasteiger partial charge in [0.2, 0.25) is 0 Å². The van der Waals surface area contributed by atoms with E-state index in [1.54, 1.807) is 16.5 Å². The van der Waals surface area contributed by atoms with Gasteiger partial charge in [-0.2, -0.15) is 0 Å². The SMILES string of the molecule is O=C(O)c1cccn2cc(C3CCOCC3)nc12. The van der Waals surface area contributed by atoms with Crippen LogP contribution in [-0.4, -0.2) is 33.7 Å². The lowest BCUT2D eigenvalue weighted by atomic mass is 9.97. The van der Waals surface area contributed by atoms with E-state index in [4.69, 9.17) is 9.84 Å². The lowest BCUT2D eigenvalue weighted by Crippen LogP contribution is -2.14. The zero-order chi connectivity index (χ0) is 12.5. The van der Waals surface area contributed by atoms with Crippen molar-refractivity contribution in [2.45, 2.75) is 18.8 Å². The van der Waals surface area contributed by atoms with E-state index in [1.165, 1.54) is 0 Å². The third-order valence-corrected chi connectivity index (χ3v) is 3.37. The van der Waals surface area contributed by atoms with Gasteiger partial charge in [-0.25, -0.2) is 9.78 Å². The molecule has 5 nitrogen and oxygen atoms in total. The number of hydrogen-bond donors (Lipinski definition) is 1. The van der Waals surface area contributed by atoms with Crippen LogP contribution in [0.25, 0.3) is 5.65 Å². The molecule has 1 aliphatic heterocycles. The van der Waals surface area contributed by atoms with Crippen LogP contribution in [0.1, 0.15) is 34.8 Å². The number of carbonyl (C=O) groups is 1. The average Bonchev–Trinajstić information content (AvgIpc) is 2.83. The summed E-state index contributed by atoms with van der Waals surface area (Å²) in [4.78, 5) is 15.6. The third kappa shape index (κ3) is 1.86. The zero-order valence-corrected chi connectivity index (χ0v) is 9.87. The molecule has 1 N–H and O–H groups in total. The Hall–Kier alpha value is -1.88. The number of carboxylic acid groups (broad SMARTS) is 1. The molecule has 3 rings (SSSR count). The van der Waals surface area contributed by atoms with Gasteiger partial charge in [0.05, 0.1) is 5.69 Å². The fourth-order valence-electron chi connectivity index (χ4n) is 2.39. The second-order valence-electron chi connectivity index (χ2n) is 4.51. The standard InChI is InChI=1S/C13H14N2O3/c16-13(17)10-2-1-5-15-8-11(14-12(10)15)9-3-6-18-7-4-9/h1-2,5,8-9H,3-4,6-7H2,(H,16,17). The molecular weight excluding hydrogens is 232 g/mol. The molecule has 0 aliphatic carbocycles. The van der Waals surface area contributed by atoms with Crippen molar-refractivity contribution < 1.29 is 14.6 Å². The van der Waals surface area contributed by atoms with Gasteiger partial charge in [-0.15, -0.1) is 0 Å². The van der Waals surface area contributed by atoms with Crippen molar-refractivity contribution in [3.05, 3.63) is 35.8 Å². The molecule has 2 aromatic heterocycles. The molecule has 1 fully saturated rings. The van der Waals surface area contributed by atoms with Gasteiger partial charge in [-0.3, -0.25) is 0 Å². The van der Waals surface area contributed by atoms with Crippen LogP contribution >= 0.6 is 0 Å². The highest BCUT2D eigenvalue weighted by atomic mass is 16.5. The van der Waals surface area contributed by atoms with Crippen LogP contribution in [0, 0.1) is 0 Å². The van der Waals surface area contributed by atoms with E-state index in [0.717, 1.165) is 31.7 Å². The summed E-state index contributed by atoms with van der Waals surface area (Å²) in [5.74, 6) is -0.565. The zero-order valence-electron chi connectivity index (χ0n) is 9.87. The number of aromatic nitrogens is 2. The average molecular weight is 246 g/mol. The summed E-state index contributed by atoms with van der Waals surface area (Å²) < 4.78 is 7.11. The molecule has 18 heavy (non-hydrogen) atoms. The van der Waals surface area contributed by atoms with Crippen molar-refractivity contribution >= 4 is 11.6 Å². The topological polar surface area (TPSA) is 63.8 Å². The molecule has 3 heterocycles. The molecule has 0 unspecified atom stereocenters. The van der Waals surface area contributed by atoms with Crippen molar-refractivity contribution in [3.63, 3.8) is 0 Å². The summed E-state index contributed by atoms with van der Waals surface area (Å²) in [6, 6.07) is 3.31. The van der Waals surface area contributed by atoms with E-state index in [-0.39, 0.29) is 5.56 Å². The summed E-state index contributed by atoms with van der Waals surface area (Å²) in [5.41, 5.74) is 1.73. The molecule has 2 aromatic rings. The predicted molar refractivity (Wildman–Crippen MR) is 64.9 cm³/mol. The Morgan fingerprint density at radius 3 is 2.94 bits per heavy atom. The highest BCUT2D eigenvalue weighted by molar-refractivity contribution is 5.94. The minimum absolute atomic E-state index is 0.246. The number of aromatic carboxylic acids is 1. The maximum absolute atomic E-state index is 11.1. The van der Waals surface area contributed by atoms with Gasteiger partial charge in [0.15, 0.2) is 5.65 Å². The molecular formula is C13H14N2O3. The Bertz CT molecular complexity index is 585. The first-order valence-corrected chi connectivity index (χ1v) is 6.04. The quantitative estimate of drug-likeness (QED) is 0.879. The van der Waals surface area contributed by atoms with Crippen molar-refractivity contribution in [1.29, 1.82) is 0 Å². The summed E-state index contributed by atoms with van der Waals surface area (Å²) in [7, 11) is 0. The van der Waals surface area contributed by atoms with Gasteiger partial charge in [0, 0.05) is 31.5 Å². The molecule has 1 aliphatic rings. The molecule has 0 atom stereocenters. The molecule has 0 aromatic carbocycles. The van der Waals surface area contributed by atoms with Crippen LogP contribution in [-0.2, 0) is 4.74 Å². The number of nitrogens with zero attached hydrogens (tertiary/aromatic N) is 2. The maximum Gasteiger partial charge on any atom is 0.339 e. The van der Waals surface area contributed by atoms with E-state index in [2.05, 4.69) is 4.98 Å². The molecule has 0 saturated carbocycles. The summed E-state index contributed by atoms with van der Waals surface area (Å²) >= 11 is 0. The first-order valence-electron chi connectivity index (χ1n) is 6.04. The van der Waals surface area contributed by atoms with Crippen LogP contribution < -0.4 is 0 Å². The third-order valence-electron chi connectivity index (χ3n) is 3.37. The summed E-state index contributed by atoms with van der Waals surface area (Å²) in [5, 5.41) is 9.13. The largest absolute Gasteiger partial charge is 0.478 e. The monoisotopic (exact) mass is 246 g/mol. The van der Waals surface area contributed by atoms with Gasteiger partial charge in [0.25, 0.3) is 0 Å². The van der Waals surface area contributed by atoms with Crippen LogP contribution in [0.4, 0.5) is 0 Å². The molecule has 0 radical (unpaired) electrons. The summed E-state index contributed by atoms with van der Waals surface area (Å²) in [6.45, 7) is 1.51. The number of pyridine rings is 1. The van der Waals surface area contributed by atoms with Gasteiger partial charge in [-0.05, 0) is 25.0 Å². The van der Waals surface area contributed by atoms with Crippen molar-refractivity contribution in [3.8, 4) is 0 Å². The van der Waals surface area contributed by atoms with Crippen LogP contribution in [0.15, 0.2) is 24.5 Å². The van der Waals surface area contributed by atoms with Crippen LogP contribution in [0.2, 0.25) is 0 Å². The molecule has 5 heteroatoms. The van der Waals surface area contributed by atoms with E-state index in [0.29, 0.717) is 11.6 Å². The minimum Gasteiger partial charge on any atom is -0.478 e. The number of imidazole rings is 1. The minimum atomic E-state index is -0.940. The summed E-state index contributed by atoms with van der Waals surface area (Å²) in [6.07, 6.45) is 5.66. The van der Waals surface area contributed by atoms with Gasteiger partial charge in [-0.1, -0.05) is 0 Å². The van der Waals surface area contributed by atoms with Gasteiger partial charge >= 0.3 is 5.97 Å². The Labute approximate surface area is 104 Å². The second kappa shape index (κ2) is 4.42. The highest BCUT2D eigenvalue weighted by Gasteiger charge is 2.20. The lowest BCUT2D eigenvalue weighted by Gasteiger charge is -2.19. The number of ether oxygens (including phenoxy) is 1. The van der Waals surface area contributed by atoms with Gasteiger partial charge < -0.3 is 14.2 Å². The number of carboxylic acids is 1. The van der Waals surface area contributed by atoms with Crippen LogP contribution in [0.5, 0.6) is 0 Å². The van der Waals surface area contributed by atoms with Crippen LogP contribution in [0.3, 0.4) is 0 Å². The Balaban J connectivity index is 2.04. The number of rotatable bonds is 2. The Morgan fingerprint density at radius 1 is 1.44 bits per heavy atom. The number of hydrogen-bond acceptors (Lipinski definition) is 3. The molecule has 0 spiro atoms. The van der Waals surface area contributed by atoms with Crippen molar-refractivity contribution in [2.24, 2.45) is 0 Å². The first-order chi connectivity index (χ1) is 8.75. The molecule has 1 saturated heterocycles. The van der Waals surface area contributed by atoms with E-state index < -0.39 is 5.97 Å². The van der Waals surface area contributed by atoms with E-state index in [9.17, 15) is 4.79 Å². The fraction of sp³-hybridized carbons (Fsp3) is 0.385. The van der Waals surface area contributed by atoms with E-state index in [1.807, 2.05) is 12.4 Å². The maximum atomic E-state index is 11.1. The van der Waals surface area contributed by atoms with Crippen molar-refractivity contribution in [1.82, 2.24) is 9.38 Å². The Kier molecular flexibility index (Phi) is 2.76. The first kappa shape index (κ1) is 11.2. The predicted octanol–water partition coefficient (Wildman–Crippen LogP) is 1.93. The highest BCUT2D eigenvalue weighted by Crippen LogP contribution is 2.26. The van der Waals surface area contributed by atoms with Crippen molar-refractivity contribution in [2.75, 3.05) is 13.2 Å². The lowest BCUT2D eigenvalue weighted by molar-refractivity contribution is 0.0698. The molecule has 0 bridgehead atoms. The normalized spacial score (nSPS) is 17.1. The van der Waals surface area contributed by atoms with Gasteiger partial charge in [0.1, 0.15) is 5.56 Å².